The minimum Gasteiger partial charge on any atom is -0.393 e. The number of imidazole rings is 1. The standard InChI is InChI=1S/C25H31F2N7O2/c1-28-23(36)14-2-5-16(6-3-14)30-24-29-13-21-22(33-24)34(17-7-9-18(35)10-8-17)25(32-21)31-20-11-4-15(26)12-19(20)27/h4,11-14,16-18,35H,2-3,5-10H2,1H3,(H,28,36)(H,31,32)(H,29,30,33). The lowest BCUT2D eigenvalue weighted by Gasteiger charge is -2.29. The molecule has 0 saturated heterocycles. The summed E-state index contributed by atoms with van der Waals surface area (Å²) in [5.41, 5.74) is 1.28. The first-order valence-electron chi connectivity index (χ1n) is 12.5. The first-order chi connectivity index (χ1) is 17.4. The van der Waals surface area contributed by atoms with Crippen LogP contribution in [0, 0.1) is 17.6 Å². The number of aliphatic hydroxyl groups excluding tert-OH is 1. The summed E-state index contributed by atoms with van der Waals surface area (Å²) < 4.78 is 29.8. The van der Waals surface area contributed by atoms with Crippen LogP contribution in [0.15, 0.2) is 24.4 Å². The van der Waals surface area contributed by atoms with E-state index in [1.165, 1.54) is 12.1 Å². The molecular weight excluding hydrogens is 468 g/mol. The molecule has 3 aromatic rings. The molecule has 0 spiro atoms. The maximum atomic E-state index is 14.4. The number of aliphatic hydroxyl groups is 1. The lowest BCUT2D eigenvalue weighted by molar-refractivity contribution is -0.125. The van der Waals surface area contributed by atoms with Gasteiger partial charge in [0.1, 0.15) is 17.2 Å². The third-order valence-corrected chi connectivity index (χ3v) is 7.32. The van der Waals surface area contributed by atoms with E-state index in [4.69, 9.17) is 4.98 Å². The first kappa shape index (κ1) is 24.4. The van der Waals surface area contributed by atoms with Crippen LogP contribution >= 0.6 is 0 Å². The van der Waals surface area contributed by atoms with Crippen molar-refractivity contribution >= 4 is 34.7 Å². The molecule has 11 heteroatoms. The van der Waals surface area contributed by atoms with Gasteiger partial charge in [-0.2, -0.15) is 4.98 Å². The van der Waals surface area contributed by atoms with Gasteiger partial charge in [-0.1, -0.05) is 0 Å². The van der Waals surface area contributed by atoms with E-state index in [2.05, 4.69) is 25.9 Å². The predicted octanol–water partition coefficient (Wildman–Crippen LogP) is 4.04. The number of carbonyl (C=O) groups excluding carboxylic acids is 1. The van der Waals surface area contributed by atoms with E-state index in [1.807, 2.05) is 4.57 Å². The van der Waals surface area contributed by atoms with E-state index in [1.54, 1.807) is 13.2 Å². The number of benzene rings is 1. The summed E-state index contributed by atoms with van der Waals surface area (Å²) in [4.78, 5) is 25.8. The molecule has 4 N–H and O–H groups in total. The number of halogens is 2. The molecule has 5 rings (SSSR count). The number of fused-ring (bicyclic) bond motifs is 1. The van der Waals surface area contributed by atoms with Gasteiger partial charge in [0.2, 0.25) is 17.8 Å². The van der Waals surface area contributed by atoms with Gasteiger partial charge in [0.15, 0.2) is 5.65 Å². The number of carbonyl (C=O) groups is 1. The molecule has 9 nitrogen and oxygen atoms in total. The Labute approximate surface area is 207 Å². The molecule has 36 heavy (non-hydrogen) atoms. The molecule has 0 bridgehead atoms. The number of hydrogen-bond donors (Lipinski definition) is 4. The molecule has 2 saturated carbocycles. The van der Waals surface area contributed by atoms with Crippen molar-refractivity contribution in [1.29, 1.82) is 0 Å². The Hall–Kier alpha value is -3.34. The largest absolute Gasteiger partial charge is 0.393 e. The summed E-state index contributed by atoms with van der Waals surface area (Å²) in [5.74, 6) is -0.366. The van der Waals surface area contributed by atoms with Crippen molar-refractivity contribution in [3.63, 3.8) is 0 Å². The number of aromatic nitrogens is 4. The molecule has 0 unspecified atom stereocenters. The Morgan fingerprint density at radius 2 is 1.81 bits per heavy atom. The second kappa shape index (κ2) is 10.3. The zero-order valence-corrected chi connectivity index (χ0v) is 20.2. The van der Waals surface area contributed by atoms with E-state index in [9.17, 15) is 18.7 Å². The van der Waals surface area contributed by atoms with Crippen molar-refractivity contribution in [2.75, 3.05) is 17.7 Å². The van der Waals surface area contributed by atoms with Gasteiger partial charge >= 0.3 is 0 Å². The van der Waals surface area contributed by atoms with Crippen LogP contribution in [-0.4, -0.2) is 49.7 Å². The number of nitrogens with one attached hydrogen (secondary N) is 3. The SMILES string of the molecule is CNC(=O)C1CCC(Nc2ncc3nc(Nc4ccc(F)cc4F)n(C4CCC(O)CC4)c3n2)CC1. The average Bonchev–Trinajstić information content (AvgIpc) is 3.23. The van der Waals surface area contributed by atoms with Gasteiger partial charge in [-0.25, -0.2) is 18.7 Å². The predicted molar refractivity (Wildman–Crippen MR) is 132 cm³/mol. The third-order valence-electron chi connectivity index (χ3n) is 7.32. The molecule has 192 valence electrons. The quantitative estimate of drug-likeness (QED) is 0.404. The normalized spacial score (nSPS) is 24.4. The van der Waals surface area contributed by atoms with Crippen molar-refractivity contribution in [3.8, 4) is 0 Å². The van der Waals surface area contributed by atoms with E-state index in [-0.39, 0.29) is 35.7 Å². The van der Waals surface area contributed by atoms with Crippen molar-refractivity contribution in [3.05, 3.63) is 36.0 Å². The first-order valence-corrected chi connectivity index (χ1v) is 12.5. The fourth-order valence-corrected chi connectivity index (χ4v) is 5.31. The smallest absolute Gasteiger partial charge is 0.224 e. The molecule has 0 atom stereocenters. The molecule has 2 aliphatic carbocycles. The Kier molecular flexibility index (Phi) is 6.99. The molecule has 2 fully saturated rings. The number of rotatable bonds is 6. The second-order valence-electron chi connectivity index (χ2n) is 9.73. The molecular formula is C25H31F2N7O2. The zero-order chi connectivity index (χ0) is 25.2. The highest BCUT2D eigenvalue weighted by Crippen LogP contribution is 2.35. The van der Waals surface area contributed by atoms with E-state index < -0.39 is 11.6 Å². The number of anilines is 3. The molecule has 2 heterocycles. The van der Waals surface area contributed by atoms with Crippen LogP contribution in [0.2, 0.25) is 0 Å². The highest BCUT2D eigenvalue weighted by atomic mass is 19.1. The van der Waals surface area contributed by atoms with Gasteiger partial charge in [-0.3, -0.25) is 9.36 Å². The summed E-state index contributed by atoms with van der Waals surface area (Å²) in [6.07, 6.45) is 7.36. The Morgan fingerprint density at radius 1 is 1.06 bits per heavy atom. The van der Waals surface area contributed by atoms with Gasteiger partial charge in [0.05, 0.1) is 18.0 Å². The number of hydrogen-bond acceptors (Lipinski definition) is 7. The summed E-state index contributed by atoms with van der Waals surface area (Å²) in [6, 6.07) is 3.53. The Bertz CT molecular complexity index is 1230. The molecule has 0 radical (unpaired) electrons. The van der Waals surface area contributed by atoms with E-state index >= 15 is 0 Å². The Morgan fingerprint density at radius 3 is 2.50 bits per heavy atom. The van der Waals surface area contributed by atoms with Crippen LogP contribution in [0.4, 0.5) is 26.4 Å². The fourth-order valence-electron chi connectivity index (χ4n) is 5.31. The number of amides is 1. The number of nitrogens with zero attached hydrogens (tertiary/aromatic N) is 4. The van der Waals surface area contributed by atoms with Crippen molar-refractivity contribution in [2.45, 2.75) is 69.6 Å². The van der Waals surface area contributed by atoms with Crippen LogP contribution in [-0.2, 0) is 4.79 Å². The van der Waals surface area contributed by atoms with Crippen molar-refractivity contribution < 1.29 is 18.7 Å². The lowest BCUT2D eigenvalue weighted by atomic mass is 9.85. The summed E-state index contributed by atoms with van der Waals surface area (Å²) in [7, 11) is 1.67. The van der Waals surface area contributed by atoms with Crippen molar-refractivity contribution in [2.24, 2.45) is 5.92 Å². The fraction of sp³-hybridized carbons (Fsp3) is 0.520. The van der Waals surface area contributed by atoms with Gasteiger partial charge in [-0.15, -0.1) is 0 Å². The van der Waals surface area contributed by atoms with Crippen LogP contribution < -0.4 is 16.0 Å². The lowest BCUT2D eigenvalue weighted by Crippen LogP contribution is -2.34. The molecule has 2 aromatic heterocycles. The van der Waals surface area contributed by atoms with Crippen LogP contribution in [0.5, 0.6) is 0 Å². The molecule has 1 amide bonds. The summed E-state index contributed by atoms with van der Waals surface area (Å²) >= 11 is 0. The van der Waals surface area contributed by atoms with Crippen molar-refractivity contribution in [1.82, 2.24) is 24.8 Å². The minimum atomic E-state index is -0.714. The second-order valence-corrected chi connectivity index (χ2v) is 9.73. The van der Waals surface area contributed by atoms with Gasteiger partial charge in [-0.05, 0) is 63.5 Å². The van der Waals surface area contributed by atoms with E-state index in [0.717, 1.165) is 44.6 Å². The summed E-state index contributed by atoms with van der Waals surface area (Å²) in [6.45, 7) is 0. The van der Waals surface area contributed by atoms with Crippen LogP contribution in [0.1, 0.15) is 57.4 Å². The molecule has 1 aromatic carbocycles. The highest BCUT2D eigenvalue weighted by Gasteiger charge is 2.28. The zero-order valence-electron chi connectivity index (χ0n) is 20.2. The Balaban J connectivity index is 1.42. The van der Waals surface area contributed by atoms with Gasteiger partial charge < -0.3 is 21.1 Å². The summed E-state index contributed by atoms with van der Waals surface area (Å²) in [5, 5.41) is 19.2. The topological polar surface area (TPSA) is 117 Å². The molecule has 0 aliphatic heterocycles. The average molecular weight is 500 g/mol. The van der Waals surface area contributed by atoms with Crippen LogP contribution in [0.3, 0.4) is 0 Å². The maximum absolute atomic E-state index is 14.4. The third kappa shape index (κ3) is 5.11. The van der Waals surface area contributed by atoms with Gasteiger partial charge in [0.25, 0.3) is 0 Å². The minimum absolute atomic E-state index is 0.00940. The van der Waals surface area contributed by atoms with Gasteiger partial charge in [0, 0.05) is 31.1 Å². The maximum Gasteiger partial charge on any atom is 0.224 e. The molecule has 2 aliphatic rings. The monoisotopic (exact) mass is 499 g/mol. The van der Waals surface area contributed by atoms with Crippen LogP contribution in [0.25, 0.3) is 11.2 Å². The van der Waals surface area contributed by atoms with E-state index in [0.29, 0.717) is 35.9 Å². The highest BCUT2D eigenvalue weighted by molar-refractivity contribution is 5.78.